The van der Waals surface area contributed by atoms with Crippen molar-refractivity contribution in [1.82, 2.24) is 10.6 Å². The van der Waals surface area contributed by atoms with Gasteiger partial charge in [0.2, 0.25) is 8.32 Å². The maximum absolute atomic E-state index is 10.7. The van der Waals surface area contributed by atoms with Gasteiger partial charge >= 0.3 is 7.48 Å². The van der Waals surface area contributed by atoms with Gasteiger partial charge in [-0.3, -0.25) is 0 Å². The molecule has 1 radical (unpaired) electrons. The molecule has 1 aliphatic rings. The fraction of sp³-hybridized carbons (Fsp3) is 0.794. The van der Waals surface area contributed by atoms with Gasteiger partial charge in [0.25, 0.3) is 0 Å². The fourth-order valence-electron chi connectivity index (χ4n) is 5.00. The number of benzene rings is 1. The monoisotopic (exact) mass is 631 g/mol. The van der Waals surface area contributed by atoms with Crippen molar-refractivity contribution in [3.63, 3.8) is 0 Å². The highest BCUT2D eigenvalue weighted by atomic mass is 28.4. The number of nitrogens with one attached hydrogen (secondary N) is 4. The molecule has 1 saturated heterocycles. The van der Waals surface area contributed by atoms with E-state index in [4.69, 9.17) is 19.2 Å². The molecule has 4 atom stereocenters. The number of ether oxygens (including phenoxy) is 1. The molecule has 8 nitrogen and oxygen atoms in total. The van der Waals surface area contributed by atoms with Crippen molar-refractivity contribution in [2.24, 2.45) is 11.8 Å². The van der Waals surface area contributed by atoms with Crippen molar-refractivity contribution < 1.29 is 18.9 Å². The molecular weight excluding hydrogens is 567 g/mol. The van der Waals surface area contributed by atoms with Crippen molar-refractivity contribution in [3.05, 3.63) is 23.8 Å². The number of aryl methyl sites for hydroxylation is 1. The number of aliphatic hydroxyl groups is 1. The molecule has 44 heavy (non-hydrogen) atoms. The second-order valence-electron chi connectivity index (χ2n) is 15.0. The van der Waals surface area contributed by atoms with Gasteiger partial charge in [-0.1, -0.05) is 34.6 Å². The Labute approximate surface area is 271 Å². The maximum atomic E-state index is 10.7. The van der Waals surface area contributed by atoms with Crippen LogP contribution in [0.15, 0.2) is 18.2 Å². The minimum absolute atomic E-state index is 0.132. The van der Waals surface area contributed by atoms with Crippen LogP contribution in [0.3, 0.4) is 0 Å². The van der Waals surface area contributed by atoms with Gasteiger partial charge in [-0.2, -0.15) is 0 Å². The summed E-state index contributed by atoms with van der Waals surface area (Å²) in [5, 5.41) is 30.2. The van der Waals surface area contributed by atoms with E-state index in [1.807, 2.05) is 13.8 Å². The van der Waals surface area contributed by atoms with E-state index in [0.717, 1.165) is 70.1 Å². The predicted octanol–water partition coefficient (Wildman–Crippen LogP) is 6.28. The van der Waals surface area contributed by atoms with Crippen LogP contribution in [0.4, 0.5) is 5.69 Å². The van der Waals surface area contributed by atoms with Gasteiger partial charge in [0, 0.05) is 24.9 Å². The summed E-state index contributed by atoms with van der Waals surface area (Å²) in [7, 11) is -0.135. The predicted molar refractivity (Wildman–Crippen MR) is 189 cm³/mol. The van der Waals surface area contributed by atoms with E-state index in [0.29, 0.717) is 6.04 Å². The van der Waals surface area contributed by atoms with Gasteiger partial charge in [-0.05, 0) is 132 Å². The zero-order valence-electron chi connectivity index (χ0n) is 29.7. The average Bonchev–Trinajstić information content (AvgIpc) is 3.45. The smallest absolute Gasteiger partial charge is 0.302 e. The van der Waals surface area contributed by atoms with E-state index >= 15 is 0 Å². The summed E-state index contributed by atoms with van der Waals surface area (Å²) in [5.41, 5.74) is 0.601. The fourth-order valence-corrected chi connectivity index (χ4v) is 6.03. The summed E-state index contributed by atoms with van der Waals surface area (Å²) in [4.78, 5) is 0. The Morgan fingerprint density at radius 2 is 1.84 bits per heavy atom. The molecule has 0 bridgehead atoms. The quantitative estimate of drug-likeness (QED) is 0.0852. The molecule has 0 spiro atoms. The van der Waals surface area contributed by atoms with Crippen molar-refractivity contribution in [3.8, 4) is 5.75 Å². The zero-order valence-corrected chi connectivity index (χ0v) is 30.7. The first-order chi connectivity index (χ1) is 20.5. The number of rotatable bonds is 20. The summed E-state index contributed by atoms with van der Waals surface area (Å²) in [6, 6.07) is 6.84. The zero-order chi connectivity index (χ0) is 33.2. The Kier molecular flexibility index (Phi) is 14.9. The molecule has 251 valence electrons. The van der Waals surface area contributed by atoms with Crippen molar-refractivity contribution in [2.75, 3.05) is 44.7 Å². The molecule has 2 rings (SSSR count). The summed E-state index contributed by atoms with van der Waals surface area (Å²) in [5.74, 6) is 1.15. The molecule has 0 saturated carbocycles. The van der Waals surface area contributed by atoms with E-state index in [1.54, 1.807) is 21.3 Å². The molecule has 0 amide bonds. The molecule has 1 unspecified atom stereocenters. The van der Waals surface area contributed by atoms with E-state index in [2.05, 4.69) is 81.9 Å². The molecule has 5 N–H and O–H groups in total. The van der Waals surface area contributed by atoms with Gasteiger partial charge in [0.15, 0.2) is 0 Å². The highest BCUT2D eigenvalue weighted by molar-refractivity contribution is 6.74. The first-order valence-corrected chi connectivity index (χ1v) is 19.7. The Hall–Kier alpha value is -1.43. The van der Waals surface area contributed by atoms with Crippen LogP contribution in [0.1, 0.15) is 80.7 Å². The second-order valence-corrected chi connectivity index (χ2v) is 19.7. The van der Waals surface area contributed by atoms with Crippen LogP contribution in [0.2, 0.25) is 23.9 Å². The summed E-state index contributed by atoms with van der Waals surface area (Å²) >= 11 is 0. The van der Waals surface area contributed by atoms with Gasteiger partial charge in [0.05, 0.1) is 17.8 Å². The van der Waals surface area contributed by atoms with Crippen LogP contribution in [-0.2, 0) is 15.8 Å². The van der Waals surface area contributed by atoms with Crippen molar-refractivity contribution in [1.29, 1.82) is 5.41 Å². The first kappa shape index (κ1) is 38.8. The number of anilines is 1. The lowest BCUT2D eigenvalue weighted by molar-refractivity contribution is -0.0910. The topological polar surface area (TPSA) is 108 Å². The highest BCUT2D eigenvalue weighted by Gasteiger charge is 2.40. The van der Waals surface area contributed by atoms with Crippen LogP contribution in [0.5, 0.6) is 5.75 Å². The molecule has 1 heterocycles. The molecule has 1 aromatic rings. The molecule has 0 aliphatic carbocycles. The van der Waals surface area contributed by atoms with E-state index < -0.39 is 19.5 Å². The Morgan fingerprint density at radius 1 is 1.14 bits per heavy atom. The molecule has 10 heteroatoms. The van der Waals surface area contributed by atoms with Crippen LogP contribution in [-0.4, -0.2) is 83.8 Å². The highest BCUT2D eigenvalue weighted by Crippen LogP contribution is 2.38. The van der Waals surface area contributed by atoms with Gasteiger partial charge in [-0.15, -0.1) is 0 Å². The summed E-state index contributed by atoms with van der Waals surface area (Å²) < 4.78 is 18.4. The lowest BCUT2D eigenvalue weighted by Gasteiger charge is -2.40. The number of hydrogen-bond donors (Lipinski definition) is 5. The van der Waals surface area contributed by atoms with Crippen LogP contribution < -0.4 is 20.4 Å². The SMILES string of the molecule is CCNC[C@@H](C([B]OC(C)(C)C(C)(C)O)C=N)[C@H](CCNc1ccc(O[Si](C)(C)C(C)(C)C)cc1CC)CN[C@H]1CCOC1. The maximum Gasteiger partial charge on any atom is 0.302 e. The largest absolute Gasteiger partial charge is 0.543 e. The minimum Gasteiger partial charge on any atom is -0.543 e. The third-order valence-electron chi connectivity index (χ3n) is 9.98. The molecule has 1 fully saturated rings. The van der Waals surface area contributed by atoms with E-state index in [9.17, 15) is 5.11 Å². The molecular formula is C34H64BN4O4Si. The van der Waals surface area contributed by atoms with Crippen LogP contribution in [0, 0.1) is 17.2 Å². The van der Waals surface area contributed by atoms with E-state index in [-0.39, 0.29) is 22.7 Å². The van der Waals surface area contributed by atoms with Crippen molar-refractivity contribution >= 4 is 27.7 Å². The van der Waals surface area contributed by atoms with Gasteiger partial charge in [0.1, 0.15) is 5.75 Å². The lowest BCUT2D eigenvalue weighted by Crippen LogP contribution is -2.49. The lowest BCUT2D eigenvalue weighted by atomic mass is 9.65. The summed E-state index contributed by atoms with van der Waals surface area (Å²) in [6.07, 6.45) is 4.37. The molecule has 1 aromatic carbocycles. The molecule has 1 aliphatic heterocycles. The third kappa shape index (κ3) is 11.4. The standard InChI is InChI=1S/C34H64BN4O4Si/c1-12-25-20-28(42-44(10,11)32(3,4)5)14-15-31(25)38-18-16-26(22-39-27-17-19-41-24-27)29(23-37-13-2)30(21-36)35-43-34(8,9)33(6,7)40/h14-15,20-21,26-27,29-30,36-40H,12-13,16-19,22-24H2,1-11H3/t26-,27+,29-,30?/m1/s1. The molecule has 0 aromatic heterocycles. The first-order valence-electron chi connectivity index (χ1n) is 16.8. The van der Waals surface area contributed by atoms with Crippen LogP contribution in [0.25, 0.3) is 0 Å². The van der Waals surface area contributed by atoms with E-state index in [1.165, 1.54) is 11.8 Å². The van der Waals surface area contributed by atoms with Gasteiger partial charge in [-0.25, -0.2) is 0 Å². The van der Waals surface area contributed by atoms with Crippen molar-refractivity contribution in [2.45, 2.75) is 123 Å². The average molecular weight is 632 g/mol. The minimum atomic E-state index is -1.92. The van der Waals surface area contributed by atoms with Gasteiger partial charge < -0.3 is 40.3 Å². The normalized spacial score (nSPS) is 18.5. The Bertz CT molecular complexity index is 1010. The Balaban J connectivity index is 2.22. The number of hydrogen-bond acceptors (Lipinski definition) is 8. The van der Waals surface area contributed by atoms with Crippen LogP contribution >= 0.6 is 0 Å². The summed E-state index contributed by atoms with van der Waals surface area (Å²) in [6.45, 7) is 27.8. The Morgan fingerprint density at radius 3 is 2.39 bits per heavy atom. The second kappa shape index (κ2) is 16.9. The third-order valence-corrected chi connectivity index (χ3v) is 14.3.